The molecule has 27 heavy (non-hydrogen) atoms. The zero-order chi connectivity index (χ0) is 18.8. The molecule has 1 aliphatic carbocycles. The van der Waals surface area contributed by atoms with E-state index in [9.17, 15) is 9.50 Å². The summed E-state index contributed by atoms with van der Waals surface area (Å²) in [6.07, 6.45) is 3.82. The lowest BCUT2D eigenvalue weighted by molar-refractivity contribution is 0.276. The van der Waals surface area contributed by atoms with Gasteiger partial charge in [0, 0.05) is 17.7 Å². The van der Waals surface area contributed by atoms with E-state index in [1.54, 1.807) is 12.1 Å². The van der Waals surface area contributed by atoms with Crippen LogP contribution in [0.4, 0.5) is 22.0 Å². The van der Waals surface area contributed by atoms with E-state index >= 15 is 0 Å². The molecule has 1 unspecified atom stereocenters. The fourth-order valence-corrected chi connectivity index (χ4v) is 2.89. The Morgan fingerprint density at radius 3 is 2.78 bits per heavy atom. The normalized spacial score (nSPS) is 14.8. The molecular weight excluding hydrogens is 371 g/mol. The molecule has 2 heterocycles. The Kier molecular flexibility index (Phi) is 4.91. The number of H-pyrrole nitrogens is 1. The number of aromatic amines is 1. The third kappa shape index (κ3) is 4.17. The molecule has 9 heteroatoms. The van der Waals surface area contributed by atoms with Gasteiger partial charge in [-0.3, -0.25) is 5.10 Å². The highest BCUT2D eigenvalue weighted by atomic mass is 35.5. The first kappa shape index (κ1) is 17.7. The molecule has 0 saturated heterocycles. The summed E-state index contributed by atoms with van der Waals surface area (Å²) in [6.45, 7) is -0.209. The minimum atomic E-state index is -0.488. The van der Waals surface area contributed by atoms with Crippen molar-refractivity contribution in [1.82, 2.24) is 20.2 Å². The highest BCUT2D eigenvalue weighted by Crippen LogP contribution is 2.39. The maximum Gasteiger partial charge on any atom is 0.230 e. The van der Waals surface area contributed by atoms with Crippen molar-refractivity contribution < 1.29 is 9.50 Å². The number of hydrogen-bond acceptors (Lipinski definition) is 6. The standard InChI is InChI=1S/C18H18ClFN6O/c19-13-8-21-18(23-16-7-14(25-26-16)10-1-2-10)24-17(13)22-15(9-27)11-3-5-12(20)6-4-11/h3-8,10,15,27H,1-2,9H2,(H3,21,22,23,24,25,26). The van der Waals surface area contributed by atoms with Crippen molar-refractivity contribution in [2.45, 2.75) is 24.8 Å². The van der Waals surface area contributed by atoms with Crippen LogP contribution in [0.3, 0.4) is 0 Å². The SMILES string of the molecule is OCC(Nc1nc(Nc2cc(C3CC3)[nH]n2)ncc1Cl)c1ccc(F)cc1. The summed E-state index contributed by atoms with van der Waals surface area (Å²) in [4.78, 5) is 8.53. The second kappa shape index (κ2) is 7.50. The average molecular weight is 389 g/mol. The molecule has 0 amide bonds. The van der Waals surface area contributed by atoms with E-state index in [1.807, 2.05) is 6.07 Å². The van der Waals surface area contributed by atoms with Gasteiger partial charge in [0.1, 0.15) is 10.8 Å². The first-order valence-corrected chi connectivity index (χ1v) is 8.98. The lowest BCUT2D eigenvalue weighted by atomic mass is 10.1. The van der Waals surface area contributed by atoms with E-state index in [2.05, 4.69) is 30.8 Å². The summed E-state index contributed by atoms with van der Waals surface area (Å²) in [5, 5.41) is 23.3. The molecule has 0 aliphatic heterocycles. The quantitative estimate of drug-likeness (QED) is 0.492. The predicted octanol–water partition coefficient (Wildman–Crippen LogP) is 3.76. The number of nitrogens with one attached hydrogen (secondary N) is 3. The Morgan fingerprint density at radius 1 is 1.30 bits per heavy atom. The molecule has 4 N–H and O–H groups in total. The monoisotopic (exact) mass is 388 g/mol. The fourth-order valence-electron chi connectivity index (χ4n) is 2.74. The zero-order valence-electron chi connectivity index (χ0n) is 14.3. The largest absolute Gasteiger partial charge is 0.394 e. The molecule has 1 aromatic carbocycles. The van der Waals surface area contributed by atoms with Gasteiger partial charge in [0.25, 0.3) is 0 Å². The van der Waals surface area contributed by atoms with Crippen LogP contribution in [-0.2, 0) is 0 Å². The smallest absolute Gasteiger partial charge is 0.230 e. The Morgan fingerprint density at radius 2 is 2.07 bits per heavy atom. The third-order valence-corrected chi connectivity index (χ3v) is 4.64. The summed E-state index contributed by atoms with van der Waals surface area (Å²) >= 11 is 6.19. The number of benzene rings is 1. The Hall–Kier alpha value is -2.71. The van der Waals surface area contributed by atoms with Gasteiger partial charge in [-0.05, 0) is 30.5 Å². The molecule has 1 saturated carbocycles. The van der Waals surface area contributed by atoms with Crippen LogP contribution in [0.15, 0.2) is 36.5 Å². The van der Waals surface area contributed by atoms with Crippen molar-refractivity contribution in [2.75, 3.05) is 17.2 Å². The van der Waals surface area contributed by atoms with Gasteiger partial charge in [-0.2, -0.15) is 10.1 Å². The summed E-state index contributed by atoms with van der Waals surface area (Å²) < 4.78 is 13.1. The number of aliphatic hydroxyl groups is 1. The van der Waals surface area contributed by atoms with Crippen LogP contribution in [0.25, 0.3) is 0 Å². The maximum atomic E-state index is 13.1. The Balaban J connectivity index is 1.51. The summed E-state index contributed by atoms with van der Waals surface area (Å²) in [7, 11) is 0. The first-order valence-electron chi connectivity index (χ1n) is 8.60. The van der Waals surface area contributed by atoms with E-state index in [0.717, 1.165) is 5.69 Å². The molecule has 2 aromatic heterocycles. The van der Waals surface area contributed by atoms with Gasteiger partial charge in [-0.1, -0.05) is 23.7 Å². The van der Waals surface area contributed by atoms with Crippen molar-refractivity contribution >= 4 is 29.2 Å². The average Bonchev–Trinajstić information content (AvgIpc) is 3.42. The van der Waals surface area contributed by atoms with Crippen LogP contribution in [0, 0.1) is 5.82 Å². The van der Waals surface area contributed by atoms with Crippen molar-refractivity contribution in [1.29, 1.82) is 0 Å². The van der Waals surface area contributed by atoms with Gasteiger partial charge in [0.15, 0.2) is 11.6 Å². The van der Waals surface area contributed by atoms with Gasteiger partial charge in [0.05, 0.1) is 18.8 Å². The summed E-state index contributed by atoms with van der Waals surface area (Å²) in [5.74, 6) is 1.54. The topological polar surface area (TPSA) is 98.8 Å². The van der Waals surface area contributed by atoms with Gasteiger partial charge in [-0.25, -0.2) is 9.37 Å². The highest BCUT2D eigenvalue weighted by Gasteiger charge is 2.25. The number of aromatic nitrogens is 4. The Labute approximate surface area is 160 Å². The molecule has 0 spiro atoms. The second-order valence-electron chi connectivity index (χ2n) is 6.43. The van der Waals surface area contributed by atoms with Gasteiger partial charge < -0.3 is 15.7 Å². The molecule has 3 aromatic rings. The lowest BCUT2D eigenvalue weighted by Gasteiger charge is -2.18. The maximum absolute atomic E-state index is 13.1. The Bertz CT molecular complexity index is 928. The molecule has 1 fully saturated rings. The molecule has 1 aliphatic rings. The second-order valence-corrected chi connectivity index (χ2v) is 6.84. The number of halogens is 2. The number of nitrogens with zero attached hydrogens (tertiary/aromatic N) is 3. The predicted molar refractivity (Wildman–Crippen MR) is 101 cm³/mol. The molecule has 140 valence electrons. The minimum absolute atomic E-state index is 0.209. The van der Waals surface area contributed by atoms with E-state index in [4.69, 9.17) is 11.6 Å². The molecule has 7 nitrogen and oxygen atoms in total. The third-order valence-electron chi connectivity index (χ3n) is 4.36. The van der Waals surface area contributed by atoms with Crippen LogP contribution >= 0.6 is 11.6 Å². The molecule has 4 rings (SSSR count). The number of rotatable bonds is 7. The highest BCUT2D eigenvalue weighted by molar-refractivity contribution is 6.32. The van der Waals surface area contributed by atoms with Crippen molar-refractivity contribution in [3.63, 3.8) is 0 Å². The van der Waals surface area contributed by atoms with Crippen LogP contribution in [0.2, 0.25) is 5.02 Å². The van der Waals surface area contributed by atoms with Gasteiger partial charge in [0.2, 0.25) is 5.95 Å². The molecular formula is C18H18ClFN6O. The van der Waals surface area contributed by atoms with E-state index in [0.29, 0.717) is 34.1 Å². The van der Waals surface area contributed by atoms with Crippen molar-refractivity contribution in [2.24, 2.45) is 0 Å². The van der Waals surface area contributed by atoms with E-state index in [1.165, 1.54) is 31.2 Å². The summed E-state index contributed by atoms with van der Waals surface area (Å²) in [5.41, 5.74) is 1.81. The molecule has 0 radical (unpaired) electrons. The van der Waals surface area contributed by atoms with Gasteiger partial charge >= 0.3 is 0 Å². The first-order chi connectivity index (χ1) is 13.1. The number of anilines is 3. The van der Waals surface area contributed by atoms with Crippen molar-refractivity contribution in [3.05, 3.63) is 58.6 Å². The molecule has 0 bridgehead atoms. The molecule has 1 atom stereocenters. The van der Waals surface area contributed by atoms with Crippen LogP contribution in [0.5, 0.6) is 0 Å². The number of hydrogen-bond donors (Lipinski definition) is 4. The van der Waals surface area contributed by atoms with Crippen LogP contribution in [-0.4, -0.2) is 31.9 Å². The van der Waals surface area contributed by atoms with Crippen molar-refractivity contribution in [3.8, 4) is 0 Å². The van der Waals surface area contributed by atoms with Crippen LogP contribution < -0.4 is 10.6 Å². The fraction of sp³-hybridized carbons (Fsp3) is 0.278. The lowest BCUT2D eigenvalue weighted by Crippen LogP contribution is -2.16. The summed E-state index contributed by atoms with van der Waals surface area (Å²) in [6, 6.07) is 7.32. The van der Waals surface area contributed by atoms with E-state index in [-0.39, 0.29) is 12.4 Å². The van der Waals surface area contributed by atoms with E-state index < -0.39 is 6.04 Å². The number of aliphatic hydroxyl groups excluding tert-OH is 1. The zero-order valence-corrected chi connectivity index (χ0v) is 15.0. The van der Waals surface area contributed by atoms with Crippen LogP contribution in [0.1, 0.15) is 36.1 Å². The van der Waals surface area contributed by atoms with Gasteiger partial charge in [-0.15, -0.1) is 0 Å². The minimum Gasteiger partial charge on any atom is -0.394 e.